The predicted octanol–water partition coefficient (Wildman–Crippen LogP) is 5.21. The Morgan fingerprint density at radius 1 is 1.18 bits per heavy atom. The van der Waals surface area contributed by atoms with Gasteiger partial charge in [0, 0.05) is 6.07 Å². The molecule has 0 bridgehead atoms. The summed E-state index contributed by atoms with van der Waals surface area (Å²) in [6.45, 7) is 0. The predicted molar refractivity (Wildman–Crippen MR) is 93.8 cm³/mol. The number of alkyl halides is 3. The maximum absolute atomic E-state index is 14.1. The topological polar surface area (TPSA) is 66.6 Å². The highest BCUT2D eigenvalue weighted by molar-refractivity contribution is 8.13. The van der Waals surface area contributed by atoms with Crippen molar-refractivity contribution in [3.05, 3.63) is 47.5 Å². The molecule has 0 radical (unpaired) electrons. The fourth-order valence-corrected chi connectivity index (χ4v) is 2.35. The first-order chi connectivity index (χ1) is 13.2. The van der Waals surface area contributed by atoms with Crippen molar-refractivity contribution in [3.63, 3.8) is 0 Å². The number of amidine groups is 1. The monoisotopic (exact) mass is 417 g/mol. The number of benzene rings is 2. The SMILES string of the molecule is COc1ccc(Oc2c(F)cc(C(F)(F)F)cc2F)c(N=C(NC#N)SC)c1. The van der Waals surface area contributed by atoms with Crippen LogP contribution in [0.25, 0.3) is 0 Å². The fraction of sp³-hybridized carbons (Fsp3) is 0.176. The first-order valence-electron chi connectivity index (χ1n) is 7.39. The Balaban J connectivity index is 2.51. The van der Waals surface area contributed by atoms with Crippen LogP contribution in [0.2, 0.25) is 0 Å². The lowest BCUT2D eigenvalue weighted by atomic mass is 10.2. The standard InChI is InChI=1S/C17H12F5N3O2S/c1-26-10-3-4-14(13(7-10)25-16(28-2)24-8-23)27-15-11(18)5-9(6-12(15)19)17(20,21)22/h3-7H,1-2H3,(H,24,25). The molecule has 11 heteroatoms. The summed E-state index contributed by atoms with van der Waals surface area (Å²) in [6.07, 6.45) is -1.61. The molecule has 0 aliphatic heterocycles. The van der Waals surface area contributed by atoms with E-state index in [1.54, 1.807) is 12.4 Å². The van der Waals surface area contributed by atoms with Crippen LogP contribution < -0.4 is 14.8 Å². The van der Waals surface area contributed by atoms with E-state index in [1.807, 2.05) is 0 Å². The molecule has 0 saturated carbocycles. The molecular formula is C17H12F5N3O2S. The minimum absolute atomic E-state index is 0.0325. The quantitative estimate of drug-likeness (QED) is 0.243. The maximum Gasteiger partial charge on any atom is 0.416 e. The van der Waals surface area contributed by atoms with Gasteiger partial charge >= 0.3 is 6.18 Å². The lowest BCUT2D eigenvalue weighted by Crippen LogP contribution is -2.12. The second kappa shape index (κ2) is 8.79. The van der Waals surface area contributed by atoms with Crippen LogP contribution in [0, 0.1) is 23.1 Å². The van der Waals surface area contributed by atoms with Crippen LogP contribution in [-0.4, -0.2) is 18.5 Å². The number of aliphatic imine (C=N–C) groups is 1. The zero-order valence-corrected chi connectivity index (χ0v) is 15.2. The van der Waals surface area contributed by atoms with E-state index in [9.17, 15) is 22.0 Å². The molecule has 2 aromatic carbocycles. The van der Waals surface area contributed by atoms with E-state index in [0.29, 0.717) is 5.75 Å². The van der Waals surface area contributed by atoms with Crippen LogP contribution in [0.1, 0.15) is 5.56 Å². The molecule has 0 saturated heterocycles. The van der Waals surface area contributed by atoms with E-state index in [0.717, 1.165) is 11.8 Å². The minimum Gasteiger partial charge on any atom is -0.497 e. The molecular weight excluding hydrogens is 405 g/mol. The Kier molecular flexibility index (Phi) is 6.69. The van der Waals surface area contributed by atoms with Gasteiger partial charge in [0.2, 0.25) is 0 Å². The van der Waals surface area contributed by atoms with Gasteiger partial charge in [-0.1, -0.05) is 11.8 Å². The molecule has 28 heavy (non-hydrogen) atoms. The molecule has 5 nitrogen and oxygen atoms in total. The molecule has 0 aromatic heterocycles. The Hall–Kier alpha value is -3.00. The van der Waals surface area contributed by atoms with Crippen molar-refractivity contribution >= 4 is 22.6 Å². The molecule has 1 N–H and O–H groups in total. The number of hydrogen-bond acceptors (Lipinski definition) is 5. The van der Waals surface area contributed by atoms with E-state index in [1.165, 1.54) is 25.3 Å². The summed E-state index contributed by atoms with van der Waals surface area (Å²) in [5.74, 6) is -3.91. The molecule has 0 amide bonds. The van der Waals surface area contributed by atoms with Gasteiger partial charge in [-0.15, -0.1) is 0 Å². The highest BCUT2D eigenvalue weighted by Crippen LogP contribution is 2.39. The lowest BCUT2D eigenvalue weighted by Gasteiger charge is -2.14. The number of ether oxygens (including phenoxy) is 2. The molecule has 0 heterocycles. The van der Waals surface area contributed by atoms with E-state index < -0.39 is 29.1 Å². The van der Waals surface area contributed by atoms with Gasteiger partial charge in [-0.25, -0.2) is 13.8 Å². The van der Waals surface area contributed by atoms with Crippen molar-refractivity contribution in [1.29, 1.82) is 5.26 Å². The lowest BCUT2D eigenvalue weighted by molar-refractivity contribution is -0.138. The van der Waals surface area contributed by atoms with Gasteiger partial charge in [0.25, 0.3) is 0 Å². The van der Waals surface area contributed by atoms with Crippen LogP contribution in [0.15, 0.2) is 35.3 Å². The number of methoxy groups -OCH3 is 1. The average molecular weight is 417 g/mol. The highest BCUT2D eigenvalue weighted by Gasteiger charge is 2.33. The molecule has 0 aliphatic rings. The van der Waals surface area contributed by atoms with Crippen molar-refractivity contribution in [2.45, 2.75) is 6.18 Å². The summed E-state index contributed by atoms with van der Waals surface area (Å²) in [7, 11) is 1.38. The number of nitriles is 1. The van der Waals surface area contributed by atoms with Gasteiger partial charge in [0.05, 0.1) is 12.7 Å². The summed E-state index contributed by atoms with van der Waals surface area (Å²) in [6, 6.07) is 4.32. The van der Waals surface area contributed by atoms with Gasteiger partial charge in [-0.2, -0.15) is 18.4 Å². The van der Waals surface area contributed by atoms with Crippen LogP contribution in [-0.2, 0) is 6.18 Å². The normalized spacial score (nSPS) is 11.7. The average Bonchev–Trinajstić information content (AvgIpc) is 2.64. The largest absolute Gasteiger partial charge is 0.497 e. The third-order valence-electron chi connectivity index (χ3n) is 3.28. The summed E-state index contributed by atoms with van der Waals surface area (Å²) >= 11 is 1.08. The number of rotatable bonds is 4. The molecule has 2 aromatic rings. The number of thioether (sulfide) groups is 1. The molecule has 0 aliphatic carbocycles. The van der Waals surface area contributed by atoms with Crippen LogP contribution in [0.4, 0.5) is 27.6 Å². The van der Waals surface area contributed by atoms with Gasteiger partial charge in [-0.3, -0.25) is 5.32 Å². The molecule has 0 spiro atoms. The van der Waals surface area contributed by atoms with Crippen LogP contribution >= 0.6 is 11.8 Å². The Morgan fingerprint density at radius 3 is 2.32 bits per heavy atom. The van der Waals surface area contributed by atoms with Crippen molar-refractivity contribution in [1.82, 2.24) is 5.32 Å². The minimum atomic E-state index is -4.91. The Morgan fingerprint density at radius 2 is 1.82 bits per heavy atom. The number of nitrogens with one attached hydrogen (secondary N) is 1. The Bertz CT molecular complexity index is 918. The summed E-state index contributed by atoms with van der Waals surface area (Å²) < 4.78 is 76.3. The van der Waals surface area contributed by atoms with Crippen molar-refractivity contribution < 1.29 is 31.4 Å². The van der Waals surface area contributed by atoms with Gasteiger partial charge < -0.3 is 9.47 Å². The summed E-state index contributed by atoms with van der Waals surface area (Å²) in [5.41, 5.74) is -1.45. The van der Waals surface area contributed by atoms with E-state index >= 15 is 0 Å². The van der Waals surface area contributed by atoms with Crippen molar-refractivity contribution in [3.8, 4) is 23.4 Å². The number of halogens is 5. The molecule has 0 unspecified atom stereocenters. The van der Waals surface area contributed by atoms with Gasteiger partial charge in [0.1, 0.15) is 11.4 Å². The fourth-order valence-electron chi connectivity index (χ4n) is 2.01. The summed E-state index contributed by atoms with van der Waals surface area (Å²) in [4.78, 5) is 4.10. The zero-order chi connectivity index (χ0) is 20.9. The third kappa shape index (κ3) is 5.04. The van der Waals surface area contributed by atoms with Gasteiger partial charge in [0.15, 0.2) is 34.5 Å². The maximum atomic E-state index is 14.1. The van der Waals surface area contributed by atoms with E-state index in [2.05, 4.69) is 10.3 Å². The number of hydrogen-bond donors (Lipinski definition) is 1. The number of nitrogens with zero attached hydrogens (tertiary/aromatic N) is 2. The first-order valence-corrected chi connectivity index (χ1v) is 8.62. The van der Waals surface area contributed by atoms with E-state index in [-0.39, 0.29) is 28.7 Å². The molecule has 148 valence electrons. The zero-order valence-electron chi connectivity index (χ0n) is 14.4. The smallest absolute Gasteiger partial charge is 0.416 e. The van der Waals surface area contributed by atoms with E-state index in [4.69, 9.17) is 14.7 Å². The highest BCUT2D eigenvalue weighted by atomic mass is 32.2. The first kappa shape index (κ1) is 21.3. The van der Waals surface area contributed by atoms with Crippen molar-refractivity contribution in [2.75, 3.05) is 13.4 Å². The van der Waals surface area contributed by atoms with Crippen molar-refractivity contribution in [2.24, 2.45) is 4.99 Å². The molecule has 0 fully saturated rings. The molecule has 2 rings (SSSR count). The van der Waals surface area contributed by atoms with Crippen LogP contribution in [0.5, 0.6) is 17.2 Å². The third-order valence-corrected chi connectivity index (χ3v) is 3.86. The molecule has 0 atom stereocenters. The Labute approximate surface area is 160 Å². The second-order valence-electron chi connectivity index (χ2n) is 5.06. The summed E-state index contributed by atoms with van der Waals surface area (Å²) in [5, 5.41) is 11.2. The second-order valence-corrected chi connectivity index (χ2v) is 5.86. The van der Waals surface area contributed by atoms with Gasteiger partial charge in [-0.05, 0) is 30.5 Å². The van der Waals surface area contributed by atoms with Crippen LogP contribution in [0.3, 0.4) is 0 Å².